The minimum absolute atomic E-state index is 0.0612. The largest absolute Gasteiger partial charge is 0.378 e. The number of barbiturate groups is 1. The molecule has 3 aromatic carbocycles. The molecule has 1 saturated heterocycles. The predicted molar refractivity (Wildman–Crippen MR) is 135 cm³/mol. The molecule has 10 heteroatoms. The molecule has 1 N–H and O–H groups in total. The first-order chi connectivity index (χ1) is 17.0. The summed E-state index contributed by atoms with van der Waals surface area (Å²) in [5.74, 6) is -1.96. The first kappa shape index (κ1) is 25.2. The van der Waals surface area contributed by atoms with Gasteiger partial charge in [0.1, 0.15) is 16.2 Å². The van der Waals surface area contributed by atoms with Crippen LogP contribution in [0, 0.1) is 20.8 Å². The maximum absolute atomic E-state index is 13.3. The molecule has 0 atom stereocenters. The van der Waals surface area contributed by atoms with Crippen molar-refractivity contribution in [1.82, 2.24) is 5.32 Å². The van der Waals surface area contributed by atoms with Crippen LogP contribution in [0.3, 0.4) is 0 Å². The summed E-state index contributed by atoms with van der Waals surface area (Å²) in [6, 6.07) is 14.3. The average Bonchev–Trinajstić information content (AvgIpc) is 2.80. The minimum atomic E-state index is -4.23. The van der Waals surface area contributed by atoms with Crippen LogP contribution < -0.4 is 14.4 Å². The summed E-state index contributed by atoms with van der Waals surface area (Å²) in [4.78, 5) is 39.2. The average molecular weight is 525 g/mol. The summed E-state index contributed by atoms with van der Waals surface area (Å²) < 4.78 is 31.0. The third-order valence-corrected chi connectivity index (χ3v) is 7.11. The van der Waals surface area contributed by atoms with Crippen molar-refractivity contribution in [3.63, 3.8) is 0 Å². The molecule has 1 aliphatic heterocycles. The second-order valence-corrected chi connectivity index (χ2v) is 10.2. The van der Waals surface area contributed by atoms with Crippen LogP contribution in [0.15, 0.2) is 71.1 Å². The molecule has 0 radical (unpaired) electrons. The fourth-order valence-electron chi connectivity index (χ4n) is 3.49. The van der Waals surface area contributed by atoms with E-state index in [0.717, 1.165) is 27.7 Å². The van der Waals surface area contributed by atoms with E-state index < -0.39 is 33.5 Å². The first-order valence-corrected chi connectivity index (χ1v) is 12.5. The quantitative estimate of drug-likeness (QED) is 0.294. The van der Waals surface area contributed by atoms with E-state index in [1.54, 1.807) is 30.3 Å². The van der Waals surface area contributed by atoms with Crippen LogP contribution in [0.25, 0.3) is 6.08 Å². The van der Waals surface area contributed by atoms with E-state index in [9.17, 15) is 22.8 Å². The number of hydrogen-bond acceptors (Lipinski definition) is 6. The van der Waals surface area contributed by atoms with Gasteiger partial charge in [0.2, 0.25) is 0 Å². The van der Waals surface area contributed by atoms with Gasteiger partial charge in [0.15, 0.2) is 0 Å². The Bertz CT molecular complexity index is 1550. The number of rotatable bonds is 5. The molecule has 0 aromatic heterocycles. The van der Waals surface area contributed by atoms with Gasteiger partial charge in [-0.3, -0.25) is 14.9 Å². The lowest BCUT2D eigenvalue weighted by Gasteiger charge is -2.27. The van der Waals surface area contributed by atoms with Gasteiger partial charge in [-0.15, -0.1) is 0 Å². The normalized spacial score (nSPS) is 15.3. The molecule has 3 aromatic rings. The van der Waals surface area contributed by atoms with Crippen molar-refractivity contribution in [3.05, 3.63) is 93.5 Å². The van der Waals surface area contributed by atoms with Crippen molar-refractivity contribution >= 4 is 51.3 Å². The van der Waals surface area contributed by atoms with Gasteiger partial charge < -0.3 is 4.18 Å². The number of aryl methyl sites for hydroxylation is 3. The Morgan fingerprint density at radius 1 is 0.889 bits per heavy atom. The van der Waals surface area contributed by atoms with E-state index in [1.807, 2.05) is 20.8 Å². The molecule has 0 saturated carbocycles. The van der Waals surface area contributed by atoms with Crippen molar-refractivity contribution in [3.8, 4) is 5.75 Å². The number of carbonyl (C=O) groups is 3. The molecule has 0 bridgehead atoms. The number of nitrogens with zero attached hydrogens (tertiary/aromatic N) is 1. The van der Waals surface area contributed by atoms with E-state index >= 15 is 0 Å². The lowest BCUT2D eigenvalue weighted by Crippen LogP contribution is -2.54. The highest BCUT2D eigenvalue weighted by Gasteiger charge is 2.37. The predicted octanol–water partition coefficient (Wildman–Crippen LogP) is 4.70. The van der Waals surface area contributed by atoms with E-state index in [0.29, 0.717) is 0 Å². The van der Waals surface area contributed by atoms with Crippen LogP contribution in [-0.4, -0.2) is 26.3 Å². The SMILES string of the molecule is Cc1ccc(S(=O)(=O)Oc2ccc(Cl)cc2/C=C2\C(=O)NC(=O)N(c3ccc(C)c(C)c3)C2=O)cc1. The Kier molecular flexibility index (Phi) is 6.71. The Morgan fingerprint density at radius 2 is 1.58 bits per heavy atom. The van der Waals surface area contributed by atoms with Gasteiger partial charge in [-0.25, -0.2) is 9.69 Å². The number of hydrogen-bond donors (Lipinski definition) is 1. The van der Waals surface area contributed by atoms with Crippen molar-refractivity contribution in [1.29, 1.82) is 0 Å². The van der Waals surface area contributed by atoms with Gasteiger partial charge in [0, 0.05) is 10.6 Å². The zero-order valence-electron chi connectivity index (χ0n) is 19.5. The van der Waals surface area contributed by atoms with Crippen molar-refractivity contribution in [2.75, 3.05) is 4.90 Å². The third-order valence-electron chi connectivity index (χ3n) is 5.63. The van der Waals surface area contributed by atoms with Crippen molar-refractivity contribution in [2.45, 2.75) is 25.7 Å². The summed E-state index contributed by atoms with van der Waals surface area (Å²) in [5.41, 5.74) is 2.63. The van der Waals surface area contributed by atoms with Crippen LogP contribution in [-0.2, 0) is 19.7 Å². The highest BCUT2D eigenvalue weighted by molar-refractivity contribution is 7.87. The Hall–Kier alpha value is -3.95. The minimum Gasteiger partial charge on any atom is -0.378 e. The van der Waals surface area contributed by atoms with E-state index in [2.05, 4.69) is 5.32 Å². The lowest BCUT2D eigenvalue weighted by molar-refractivity contribution is -0.122. The van der Waals surface area contributed by atoms with E-state index in [4.69, 9.17) is 15.8 Å². The van der Waals surface area contributed by atoms with Gasteiger partial charge in [-0.05, 0) is 80.4 Å². The number of urea groups is 1. The molecule has 0 spiro atoms. The molecule has 4 amide bonds. The fraction of sp³-hybridized carbons (Fsp3) is 0.115. The maximum atomic E-state index is 13.3. The molecule has 0 unspecified atom stereocenters. The van der Waals surface area contributed by atoms with Gasteiger partial charge in [-0.2, -0.15) is 8.42 Å². The van der Waals surface area contributed by atoms with Crippen LogP contribution in [0.2, 0.25) is 5.02 Å². The summed E-state index contributed by atoms with van der Waals surface area (Å²) in [7, 11) is -4.23. The fourth-order valence-corrected chi connectivity index (χ4v) is 4.63. The topological polar surface area (TPSA) is 110 Å². The van der Waals surface area contributed by atoms with Crippen molar-refractivity contribution in [2.24, 2.45) is 0 Å². The number of carbonyl (C=O) groups excluding carboxylic acids is 3. The monoisotopic (exact) mass is 524 g/mol. The summed E-state index contributed by atoms with van der Waals surface area (Å²) in [5, 5.41) is 2.36. The number of anilines is 1. The summed E-state index contributed by atoms with van der Waals surface area (Å²) in [6.07, 6.45) is 1.14. The molecule has 36 heavy (non-hydrogen) atoms. The van der Waals surface area contributed by atoms with Gasteiger partial charge in [0.05, 0.1) is 5.69 Å². The maximum Gasteiger partial charge on any atom is 0.339 e. The summed E-state index contributed by atoms with van der Waals surface area (Å²) >= 11 is 6.11. The molecule has 1 heterocycles. The van der Waals surface area contributed by atoms with E-state index in [-0.39, 0.29) is 26.9 Å². The molecule has 184 valence electrons. The molecule has 1 fully saturated rings. The molecule has 1 aliphatic rings. The van der Waals surface area contributed by atoms with E-state index in [1.165, 1.54) is 30.3 Å². The Labute approximate surface area is 213 Å². The highest BCUT2D eigenvalue weighted by atomic mass is 35.5. The molecule has 4 rings (SSSR count). The second-order valence-electron chi connectivity index (χ2n) is 8.26. The molecule has 8 nitrogen and oxygen atoms in total. The van der Waals surface area contributed by atoms with Gasteiger partial charge in [0.25, 0.3) is 11.8 Å². The van der Waals surface area contributed by atoms with Crippen LogP contribution in [0.4, 0.5) is 10.5 Å². The summed E-state index contributed by atoms with van der Waals surface area (Å²) in [6.45, 7) is 5.54. The number of benzene rings is 3. The zero-order chi connectivity index (χ0) is 26.2. The van der Waals surface area contributed by atoms with Crippen LogP contribution in [0.5, 0.6) is 5.75 Å². The molecular formula is C26H21ClN2O6S. The standard InChI is InChI=1S/C26H21ClN2O6S/c1-15-4-9-21(10-5-15)36(33,34)35-23-11-7-19(27)13-18(23)14-22-24(30)28-26(32)29(25(22)31)20-8-6-16(2)17(3)12-20/h4-14H,1-3H3,(H,28,30,32)/b22-14+. The second kappa shape index (κ2) is 9.60. The number of imide groups is 2. The Morgan fingerprint density at radius 3 is 2.25 bits per heavy atom. The van der Waals surface area contributed by atoms with Gasteiger partial charge in [-0.1, -0.05) is 35.4 Å². The zero-order valence-corrected chi connectivity index (χ0v) is 21.1. The van der Waals surface area contributed by atoms with Crippen LogP contribution in [0.1, 0.15) is 22.3 Å². The molecule has 0 aliphatic carbocycles. The third kappa shape index (κ3) is 5.02. The van der Waals surface area contributed by atoms with Gasteiger partial charge >= 0.3 is 16.1 Å². The molecular weight excluding hydrogens is 504 g/mol. The highest BCUT2D eigenvalue weighted by Crippen LogP contribution is 2.30. The van der Waals surface area contributed by atoms with Crippen molar-refractivity contribution < 1.29 is 27.0 Å². The number of nitrogens with one attached hydrogen (secondary N) is 1. The number of amides is 4. The Balaban J connectivity index is 1.75. The lowest BCUT2D eigenvalue weighted by atomic mass is 10.0. The smallest absolute Gasteiger partial charge is 0.339 e. The number of halogens is 1. The van der Waals surface area contributed by atoms with Crippen LogP contribution >= 0.6 is 11.6 Å². The first-order valence-electron chi connectivity index (χ1n) is 10.8.